The molecule has 0 fully saturated rings. The van der Waals surface area contributed by atoms with Gasteiger partial charge < -0.3 is 9.05 Å². The highest BCUT2D eigenvalue weighted by molar-refractivity contribution is 7.57. The Hall–Kier alpha value is -3.66. The lowest BCUT2D eigenvalue weighted by molar-refractivity contribution is 0.143. The molecule has 42 heavy (non-hydrogen) atoms. The first-order chi connectivity index (χ1) is 20.2. The molecule has 0 bridgehead atoms. The Morgan fingerprint density at radius 2 is 1.21 bits per heavy atom. The fraction of sp³-hybridized carbons (Fsp3) is 0.176. The number of phosphoric acid groups is 1. The zero-order valence-corrected chi connectivity index (χ0v) is 25.8. The Balaban J connectivity index is 1.73. The maximum absolute atomic E-state index is 14.2. The Bertz CT molecular complexity index is 1550. The van der Waals surface area contributed by atoms with Gasteiger partial charge in [0.15, 0.2) is 0 Å². The fourth-order valence-corrected chi connectivity index (χ4v) is 6.08. The van der Waals surface area contributed by atoms with Crippen molar-refractivity contribution in [3.05, 3.63) is 145 Å². The van der Waals surface area contributed by atoms with Gasteiger partial charge in [0.2, 0.25) is 7.37 Å². The van der Waals surface area contributed by atoms with Gasteiger partial charge in [-0.1, -0.05) is 84.9 Å². The number of rotatable bonds is 15. The van der Waals surface area contributed by atoms with Gasteiger partial charge in [-0.3, -0.25) is 13.6 Å². The minimum Gasteiger partial charge on any atom is -0.443 e. The minimum atomic E-state index is -4.11. The summed E-state index contributed by atoms with van der Waals surface area (Å²) in [6, 6.07) is 30.1. The zero-order valence-electron chi connectivity index (χ0n) is 24.0. The van der Waals surface area contributed by atoms with Gasteiger partial charge in [0.1, 0.15) is 11.5 Å². The standard InChI is InChI=1S/C34H36O6P2/c1-5-13-27-19-21-34(32(23-27)30-20-22-33(39-41(3,4)35)31(24-30)14-6-2)40-42(36,37-25-28-15-9-7-10-16-28)38-26-29-17-11-8-12-18-29/h5-12,15-24H,1-2,13-14,25-26H2,3-4H3. The van der Waals surface area contributed by atoms with Crippen LogP contribution in [0.25, 0.3) is 11.1 Å². The quantitative estimate of drug-likeness (QED) is 0.0997. The van der Waals surface area contributed by atoms with E-state index in [4.69, 9.17) is 18.1 Å². The van der Waals surface area contributed by atoms with Crippen molar-refractivity contribution in [2.45, 2.75) is 26.1 Å². The van der Waals surface area contributed by atoms with E-state index in [1.165, 1.54) is 0 Å². The van der Waals surface area contributed by atoms with Crippen molar-refractivity contribution in [2.75, 3.05) is 13.3 Å². The van der Waals surface area contributed by atoms with E-state index >= 15 is 0 Å². The lowest BCUT2D eigenvalue weighted by Crippen LogP contribution is -2.05. The Labute approximate surface area is 248 Å². The van der Waals surface area contributed by atoms with E-state index in [-0.39, 0.29) is 13.2 Å². The van der Waals surface area contributed by atoms with Crippen LogP contribution in [-0.2, 0) is 44.2 Å². The molecule has 0 aliphatic heterocycles. The summed E-state index contributed by atoms with van der Waals surface area (Å²) >= 11 is 0. The van der Waals surface area contributed by atoms with Gasteiger partial charge >= 0.3 is 7.82 Å². The molecule has 6 nitrogen and oxygen atoms in total. The van der Waals surface area contributed by atoms with Crippen LogP contribution in [0.5, 0.6) is 11.5 Å². The predicted molar refractivity (Wildman–Crippen MR) is 170 cm³/mol. The SMILES string of the molecule is C=CCc1ccc(OP(=O)(OCc2ccccc2)OCc2ccccc2)c(-c2ccc(OP(C)(C)=O)c(CC=C)c2)c1. The minimum absolute atomic E-state index is 0.0421. The summed E-state index contributed by atoms with van der Waals surface area (Å²) < 4.78 is 50.3. The third-order valence-electron chi connectivity index (χ3n) is 6.15. The topological polar surface area (TPSA) is 71.1 Å². The molecule has 0 saturated carbocycles. The van der Waals surface area contributed by atoms with Gasteiger partial charge in [0.25, 0.3) is 0 Å². The summed E-state index contributed by atoms with van der Waals surface area (Å²) in [6.07, 6.45) is 4.72. The van der Waals surface area contributed by atoms with Crippen LogP contribution in [0, 0.1) is 0 Å². The van der Waals surface area contributed by atoms with E-state index in [0.29, 0.717) is 29.9 Å². The van der Waals surface area contributed by atoms with Crippen molar-refractivity contribution in [3.8, 4) is 22.6 Å². The Morgan fingerprint density at radius 3 is 1.76 bits per heavy atom. The highest BCUT2D eigenvalue weighted by Gasteiger charge is 2.30. The molecular weight excluding hydrogens is 566 g/mol. The van der Waals surface area contributed by atoms with Crippen LogP contribution in [0.15, 0.2) is 122 Å². The van der Waals surface area contributed by atoms with E-state index in [1.54, 1.807) is 31.5 Å². The fourth-order valence-electron chi connectivity index (χ4n) is 4.23. The highest BCUT2D eigenvalue weighted by atomic mass is 31.2. The molecule has 218 valence electrons. The largest absolute Gasteiger partial charge is 0.530 e. The number of benzene rings is 4. The lowest BCUT2D eigenvalue weighted by Gasteiger charge is -2.21. The summed E-state index contributed by atoms with van der Waals surface area (Å²) in [5, 5.41) is 0. The first kappa shape index (κ1) is 31.3. The molecule has 0 N–H and O–H groups in total. The monoisotopic (exact) mass is 602 g/mol. The van der Waals surface area contributed by atoms with E-state index in [2.05, 4.69) is 13.2 Å². The van der Waals surface area contributed by atoms with Crippen molar-refractivity contribution in [1.82, 2.24) is 0 Å². The molecular formula is C34H36O6P2. The average Bonchev–Trinajstić information content (AvgIpc) is 2.98. The molecule has 4 rings (SSSR count). The van der Waals surface area contributed by atoms with Crippen molar-refractivity contribution in [1.29, 1.82) is 0 Å². The van der Waals surface area contributed by atoms with Gasteiger partial charge in [0.05, 0.1) is 13.2 Å². The molecule has 0 heterocycles. The Morgan fingerprint density at radius 1 is 0.643 bits per heavy atom. The summed E-state index contributed by atoms with van der Waals surface area (Å²) in [5.41, 5.74) is 4.96. The maximum Gasteiger partial charge on any atom is 0.530 e. The van der Waals surface area contributed by atoms with E-state index in [1.807, 2.05) is 91.0 Å². The number of phosphoric ester groups is 1. The van der Waals surface area contributed by atoms with E-state index in [9.17, 15) is 9.13 Å². The van der Waals surface area contributed by atoms with E-state index in [0.717, 1.165) is 27.8 Å². The molecule has 0 aliphatic carbocycles. The Kier molecular flexibility index (Phi) is 10.8. The molecule has 0 atom stereocenters. The van der Waals surface area contributed by atoms with Crippen LogP contribution >= 0.6 is 15.2 Å². The molecule has 8 heteroatoms. The molecule has 0 amide bonds. The molecule has 0 saturated heterocycles. The smallest absolute Gasteiger partial charge is 0.443 e. The van der Waals surface area contributed by atoms with Gasteiger partial charge in [-0.05, 0) is 64.9 Å². The first-order valence-corrected chi connectivity index (χ1v) is 17.5. The normalized spacial score (nSPS) is 11.6. The van der Waals surface area contributed by atoms with Crippen LogP contribution < -0.4 is 9.05 Å². The second-order valence-electron chi connectivity index (χ2n) is 10.0. The zero-order chi connectivity index (χ0) is 30.0. The van der Waals surface area contributed by atoms with Crippen LogP contribution in [-0.4, -0.2) is 13.3 Å². The molecule has 4 aromatic rings. The van der Waals surface area contributed by atoms with Crippen LogP contribution in [0.2, 0.25) is 0 Å². The molecule has 0 aliphatic rings. The number of hydrogen-bond acceptors (Lipinski definition) is 6. The van der Waals surface area contributed by atoms with Crippen molar-refractivity contribution < 1.29 is 27.2 Å². The maximum atomic E-state index is 14.2. The van der Waals surface area contributed by atoms with Crippen molar-refractivity contribution in [2.24, 2.45) is 0 Å². The van der Waals surface area contributed by atoms with Gasteiger partial charge in [-0.25, -0.2) is 4.57 Å². The second-order valence-corrected chi connectivity index (χ2v) is 14.3. The molecule has 0 aromatic heterocycles. The van der Waals surface area contributed by atoms with Crippen molar-refractivity contribution >= 4 is 15.2 Å². The van der Waals surface area contributed by atoms with Crippen LogP contribution in [0.3, 0.4) is 0 Å². The molecule has 0 radical (unpaired) electrons. The summed E-state index contributed by atoms with van der Waals surface area (Å²) in [5.74, 6) is 0.863. The summed E-state index contributed by atoms with van der Waals surface area (Å²) in [4.78, 5) is 0. The second kappa shape index (κ2) is 14.5. The highest BCUT2D eigenvalue weighted by Crippen LogP contribution is 2.53. The van der Waals surface area contributed by atoms with Crippen LogP contribution in [0.1, 0.15) is 22.3 Å². The summed E-state index contributed by atoms with van der Waals surface area (Å²) in [6.45, 7) is 11.0. The molecule has 0 unspecified atom stereocenters. The predicted octanol–water partition coefficient (Wildman–Crippen LogP) is 9.65. The average molecular weight is 603 g/mol. The third-order valence-corrected chi connectivity index (χ3v) is 8.10. The number of hydrogen-bond donors (Lipinski definition) is 0. The van der Waals surface area contributed by atoms with Crippen molar-refractivity contribution in [3.63, 3.8) is 0 Å². The summed E-state index contributed by atoms with van der Waals surface area (Å²) in [7, 11) is -6.90. The third kappa shape index (κ3) is 9.17. The first-order valence-electron chi connectivity index (χ1n) is 13.6. The molecule has 0 spiro atoms. The van der Waals surface area contributed by atoms with E-state index < -0.39 is 15.2 Å². The van der Waals surface area contributed by atoms with Gasteiger partial charge in [0, 0.05) is 18.9 Å². The van der Waals surface area contributed by atoms with Gasteiger partial charge in [-0.2, -0.15) is 0 Å². The van der Waals surface area contributed by atoms with Crippen LogP contribution in [0.4, 0.5) is 0 Å². The lowest BCUT2D eigenvalue weighted by atomic mass is 9.97. The molecule has 4 aromatic carbocycles. The van der Waals surface area contributed by atoms with Gasteiger partial charge in [-0.15, -0.1) is 13.2 Å². The number of allylic oxidation sites excluding steroid dienone is 2.